The van der Waals surface area contributed by atoms with Crippen LogP contribution in [0.1, 0.15) is 27.7 Å². The van der Waals surface area contributed by atoms with Gasteiger partial charge in [0.05, 0.1) is 17.7 Å². The molecule has 1 radical (unpaired) electrons. The van der Waals surface area contributed by atoms with Gasteiger partial charge in [0.1, 0.15) is 24.4 Å². The van der Waals surface area contributed by atoms with E-state index < -0.39 is 54.3 Å². The molecule has 0 bridgehead atoms. The average Bonchev–Trinajstić information content (AvgIpc) is 2.71. The predicted molar refractivity (Wildman–Crippen MR) is 81.8 cm³/mol. The van der Waals surface area contributed by atoms with Crippen molar-refractivity contribution in [3.8, 4) is 0 Å². The van der Waals surface area contributed by atoms with Gasteiger partial charge >= 0.3 is 0 Å². The molecule has 1 fully saturated rings. The quantitative estimate of drug-likeness (QED) is 0.360. The zero-order chi connectivity index (χ0) is 19.2. The molecule has 0 spiro atoms. The maximum absolute atomic E-state index is 12.4. The van der Waals surface area contributed by atoms with Gasteiger partial charge in [0.25, 0.3) is 5.91 Å². The molecule has 10 heteroatoms. The van der Waals surface area contributed by atoms with Gasteiger partial charge < -0.3 is 25.2 Å². The van der Waals surface area contributed by atoms with E-state index in [0.29, 0.717) is 0 Å². The first-order valence-corrected chi connectivity index (χ1v) is 7.90. The van der Waals surface area contributed by atoms with Crippen LogP contribution in [-0.2, 0) is 19.6 Å². The molecule has 0 saturated carbocycles. The minimum atomic E-state index is -1.64. The van der Waals surface area contributed by atoms with Crippen LogP contribution in [0.3, 0.4) is 0 Å². The molecule has 5 atom stereocenters. The number of hydroxylamine groups is 3. The second-order valence-electron chi connectivity index (χ2n) is 7.31. The van der Waals surface area contributed by atoms with Crippen LogP contribution in [0, 0.1) is 0 Å². The summed E-state index contributed by atoms with van der Waals surface area (Å²) < 4.78 is 5.12. The van der Waals surface area contributed by atoms with Crippen LogP contribution >= 0.6 is 0 Å². The van der Waals surface area contributed by atoms with E-state index >= 15 is 0 Å². The maximum Gasteiger partial charge on any atom is 0.272 e. The lowest BCUT2D eigenvalue weighted by Gasteiger charge is -2.39. The van der Waals surface area contributed by atoms with E-state index in [2.05, 4.69) is 5.48 Å². The van der Waals surface area contributed by atoms with Crippen molar-refractivity contribution in [3.63, 3.8) is 0 Å². The van der Waals surface area contributed by atoms with Gasteiger partial charge in [-0.3, -0.25) is 4.79 Å². The average molecular weight is 361 g/mol. The van der Waals surface area contributed by atoms with Crippen LogP contribution in [0.5, 0.6) is 0 Å². The van der Waals surface area contributed by atoms with Crippen molar-refractivity contribution in [2.75, 3.05) is 6.61 Å². The van der Waals surface area contributed by atoms with Crippen molar-refractivity contribution >= 4 is 5.91 Å². The summed E-state index contributed by atoms with van der Waals surface area (Å²) in [7, 11) is 0. The largest absolute Gasteiger partial charge is 0.394 e. The van der Waals surface area contributed by atoms with Gasteiger partial charge in [-0.1, -0.05) is 6.08 Å². The number of aliphatic hydroxyl groups excluding tert-OH is 4. The molecule has 1 saturated heterocycles. The predicted octanol–water partition coefficient (Wildman–Crippen LogP) is -2.02. The summed E-state index contributed by atoms with van der Waals surface area (Å²) in [4.78, 5) is 17.4. The number of hydrogen-bond donors (Lipinski definition) is 5. The molecule has 5 unspecified atom stereocenters. The Hall–Kier alpha value is -1.11. The van der Waals surface area contributed by atoms with Crippen LogP contribution < -0.4 is 5.48 Å². The van der Waals surface area contributed by atoms with E-state index in [0.717, 1.165) is 5.06 Å². The van der Waals surface area contributed by atoms with E-state index in [4.69, 9.17) is 14.7 Å². The summed E-state index contributed by atoms with van der Waals surface area (Å²) in [6, 6.07) is 0. The molecule has 0 aromatic carbocycles. The van der Waals surface area contributed by atoms with E-state index in [1.54, 1.807) is 27.7 Å². The second-order valence-corrected chi connectivity index (χ2v) is 7.31. The Kier molecular flexibility index (Phi) is 5.57. The van der Waals surface area contributed by atoms with Crippen LogP contribution in [0.4, 0.5) is 0 Å². The number of carbonyl (C=O) groups excluding carboxylic acids is 1. The highest BCUT2D eigenvalue weighted by Gasteiger charge is 2.49. The number of amides is 1. The van der Waals surface area contributed by atoms with Crippen LogP contribution in [0.25, 0.3) is 0 Å². The molecule has 1 amide bonds. The highest BCUT2D eigenvalue weighted by atomic mass is 16.8. The first-order chi connectivity index (χ1) is 11.4. The fourth-order valence-electron chi connectivity index (χ4n) is 3.09. The molecule has 2 aliphatic rings. The number of nitrogens with one attached hydrogen (secondary N) is 1. The molecule has 2 aliphatic heterocycles. The molecule has 5 N–H and O–H groups in total. The van der Waals surface area contributed by atoms with Gasteiger partial charge in [-0.25, -0.2) is 10.3 Å². The number of aliphatic hydroxyl groups is 4. The van der Waals surface area contributed by atoms with Gasteiger partial charge in [0.15, 0.2) is 0 Å². The fourth-order valence-corrected chi connectivity index (χ4v) is 3.09. The SMILES string of the molecule is CC1(C)C=C(C(=O)NOC2OC(CO)C(O)C(O)C2O)C(C)(C)N1[O]. The Balaban J connectivity index is 2.05. The summed E-state index contributed by atoms with van der Waals surface area (Å²) >= 11 is 0. The van der Waals surface area contributed by atoms with Crippen LogP contribution in [0.2, 0.25) is 0 Å². The van der Waals surface area contributed by atoms with E-state index in [-0.39, 0.29) is 5.57 Å². The Labute approximate surface area is 145 Å². The van der Waals surface area contributed by atoms with Gasteiger partial charge in [-0.2, -0.15) is 0 Å². The van der Waals surface area contributed by atoms with Gasteiger partial charge in [-0.05, 0) is 27.7 Å². The summed E-state index contributed by atoms with van der Waals surface area (Å²) in [5, 5.41) is 51.4. The van der Waals surface area contributed by atoms with E-state index in [1.165, 1.54) is 6.08 Å². The normalized spacial score (nSPS) is 37.6. The molecular weight excluding hydrogens is 336 g/mol. The lowest BCUT2D eigenvalue weighted by molar-refractivity contribution is -0.313. The molecule has 0 aromatic heterocycles. The third-order valence-electron chi connectivity index (χ3n) is 4.55. The van der Waals surface area contributed by atoms with Crippen molar-refractivity contribution in [1.29, 1.82) is 0 Å². The number of rotatable bonds is 4. The maximum atomic E-state index is 12.4. The van der Waals surface area contributed by atoms with Crippen molar-refractivity contribution in [1.82, 2.24) is 10.5 Å². The monoisotopic (exact) mass is 361 g/mol. The molecule has 2 rings (SSSR count). The lowest BCUT2D eigenvalue weighted by Crippen LogP contribution is -2.60. The number of nitrogens with zero attached hydrogens (tertiary/aromatic N) is 1. The molecule has 0 aliphatic carbocycles. The third kappa shape index (κ3) is 3.57. The Morgan fingerprint density at radius 1 is 1.24 bits per heavy atom. The molecule has 0 aromatic rings. The first-order valence-electron chi connectivity index (χ1n) is 7.90. The zero-order valence-corrected chi connectivity index (χ0v) is 14.5. The molecule has 2 heterocycles. The van der Waals surface area contributed by atoms with Crippen molar-refractivity contribution in [2.45, 2.75) is 69.5 Å². The standard InChI is InChI=1S/C15H25N2O8/c1-14(2)5-7(15(3,4)17(14)23)12(22)16-25-13-11(21)10(20)9(19)8(6-18)24-13/h5,8-11,13,18-21H,6H2,1-4H3,(H,16,22). The zero-order valence-electron chi connectivity index (χ0n) is 14.5. The number of carbonyl (C=O) groups is 1. The van der Waals surface area contributed by atoms with Gasteiger partial charge in [0, 0.05) is 5.57 Å². The summed E-state index contributed by atoms with van der Waals surface area (Å²) in [6.45, 7) is 5.90. The topological polar surface area (TPSA) is 152 Å². The lowest BCUT2D eigenvalue weighted by atomic mass is 9.96. The van der Waals surface area contributed by atoms with Crippen molar-refractivity contribution in [2.24, 2.45) is 0 Å². The van der Waals surface area contributed by atoms with Crippen molar-refractivity contribution < 1.29 is 40.0 Å². The third-order valence-corrected chi connectivity index (χ3v) is 4.55. The second kappa shape index (κ2) is 6.89. The Morgan fingerprint density at radius 2 is 1.84 bits per heavy atom. The first kappa shape index (κ1) is 20.2. The molecule has 25 heavy (non-hydrogen) atoms. The minimum Gasteiger partial charge on any atom is -0.394 e. The number of ether oxygens (including phenoxy) is 1. The fraction of sp³-hybridized carbons (Fsp3) is 0.800. The van der Waals surface area contributed by atoms with E-state index in [9.17, 15) is 25.3 Å². The highest BCUT2D eigenvalue weighted by molar-refractivity contribution is 5.95. The van der Waals surface area contributed by atoms with Crippen LogP contribution in [-0.4, -0.2) is 79.8 Å². The number of hydrogen-bond acceptors (Lipinski definition) is 8. The smallest absolute Gasteiger partial charge is 0.272 e. The van der Waals surface area contributed by atoms with Crippen molar-refractivity contribution in [3.05, 3.63) is 11.6 Å². The summed E-state index contributed by atoms with van der Waals surface area (Å²) in [5.74, 6) is -0.701. The molecular formula is C15H25N2O8. The highest BCUT2D eigenvalue weighted by Crippen LogP contribution is 2.38. The van der Waals surface area contributed by atoms with Gasteiger partial charge in [-0.15, -0.1) is 10.3 Å². The molecule has 10 nitrogen and oxygen atoms in total. The van der Waals surface area contributed by atoms with Gasteiger partial charge in [0.2, 0.25) is 6.29 Å². The summed E-state index contributed by atoms with van der Waals surface area (Å²) in [6.07, 6.45) is -5.92. The Bertz CT molecular complexity index is 548. The Morgan fingerprint density at radius 3 is 2.32 bits per heavy atom. The van der Waals surface area contributed by atoms with E-state index in [1.807, 2.05) is 0 Å². The summed E-state index contributed by atoms with van der Waals surface area (Å²) in [5.41, 5.74) is 0.298. The minimum absolute atomic E-state index is 0.178. The molecule has 143 valence electrons. The van der Waals surface area contributed by atoms with Crippen LogP contribution in [0.15, 0.2) is 11.6 Å².